The van der Waals surface area contributed by atoms with E-state index in [1.807, 2.05) is 12.1 Å². The third kappa shape index (κ3) is 1.77. The number of hydrogen-bond acceptors (Lipinski definition) is 4. The minimum atomic E-state index is -0.421. The molecule has 1 N–H and O–H groups in total. The summed E-state index contributed by atoms with van der Waals surface area (Å²) in [5.41, 5.74) is 2.45. The molecule has 4 atom stereocenters. The summed E-state index contributed by atoms with van der Waals surface area (Å²) in [5, 5.41) is 10.0. The number of rotatable bonds is 1. The normalized spacial score (nSPS) is 36.3. The van der Waals surface area contributed by atoms with Gasteiger partial charge in [0.25, 0.3) is 0 Å². The number of nitrogens with zero attached hydrogens (tertiary/aromatic N) is 1. The summed E-state index contributed by atoms with van der Waals surface area (Å²) in [7, 11) is 3.86. The molecule has 2 heterocycles. The molecular weight excluding hydrogens is 278 g/mol. The molecule has 0 aromatic heterocycles. The van der Waals surface area contributed by atoms with Gasteiger partial charge in [-0.25, -0.2) is 0 Å². The van der Waals surface area contributed by atoms with Crippen LogP contribution in [0.2, 0.25) is 0 Å². The van der Waals surface area contributed by atoms with Crippen LogP contribution in [0.15, 0.2) is 24.3 Å². The van der Waals surface area contributed by atoms with Crippen LogP contribution in [0.25, 0.3) is 0 Å². The van der Waals surface area contributed by atoms with Crippen molar-refractivity contribution in [3.8, 4) is 11.5 Å². The van der Waals surface area contributed by atoms with Crippen LogP contribution in [-0.4, -0.2) is 42.4 Å². The van der Waals surface area contributed by atoms with Gasteiger partial charge < -0.3 is 14.6 Å². The van der Waals surface area contributed by atoms with Gasteiger partial charge in [0.15, 0.2) is 11.5 Å². The second kappa shape index (κ2) is 4.74. The first kappa shape index (κ1) is 14.1. The van der Waals surface area contributed by atoms with Gasteiger partial charge in [0.05, 0.1) is 18.6 Å². The number of aliphatic hydroxyl groups is 1. The molecule has 0 fully saturated rings. The number of aliphatic hydroxyl groups excluding tert-OH is 1. The summed E-state index contributed by atoms with van der Waals surface area (Å²) in [6.45, 7) is 3.19. The van der Waals surface area contributed by atoms with Crippen molar-refractivity contribution in [3.05, 3.63) is 35.4 Å². The monoisotopic (exact) mass is 301 g/mol. The Kier molecular flexibility index (Phi) is 3.03. The van der Waals surface area contributed by atoms with Crippen LogP contribution >= 0.6 is 0 Å². The highest BCUT2D eigenvalue weighted by atomic mass is 16.5. The topological polar surface area (TPSA) is 41.9 Å². The predicted octanol–water partition coefficient (Wildman–Crippen LogP) is 2.24. The lowest BCUT2D eigenvalue weighted by Gasteiger charge is -2.37. The Balaban J connectivity index is 1.96. The van der Waals surface area contributed by atoms with Gasteiger partial charge in [0.2, 0.25) is 0 Å². The van der Waals surface area contributed by atoms with E-state index in [4.69, 9.17) is 9.47 Å². The predicted molar refractivity (Wildman–Crippen MR) is 84.4 cm³/mol. The molecule has 2 aliphatic heterocycles. The first-order valence-corrected chi connectivity index (χ1v) is 8.00. The lowest BCUT2D eigenvalue weighted by Crippen LogP contribution is -2.44. The maximum atomic E-state index is 10.0. The van der Waals surface area contributed by atoms with Crippen molar-refractivity contribution in [2.45, 2.75) is 50.0 Å². The van der Waals surface area contributed by atoms with Crippen LogP contribution in [0, 0.1) is 0 Å². The third-order valence-corrected chi connectivity index (χ3v) is 5.60. The van der Waals surface area contributed by atoms with Gasteiger partial charge in [-0.15, -0.1) is 0 Å². The summed E-state index contributed by atoms with van der Waals surface area (Å²) in [5.74, 6) is 1.68. The zero-order valence-electron chi connectivity index (χ0n) is 13.4. The first-order chi connectivity index (χ1) is 10.5. The van der Waals surface area contributed by atoms with Crippen LogP contribution in [0.4, 0.5) is 0 Å². The molecule has 1 spiro atoms. The maximum Gasteiger partial charge on any atom is 0.166 e. The molecule has 4 unspecified atom stereocenters. The van der Waals surface area contributed by atoms with E-state index in [0.717, 1.165) is 24.5 Å². The molecule has 1 aliphatic carbocycles. The van der Waals surface area contributed by atoms with E-state index in [1.54, 1.807) is 7.11 Å². The minimum Gasteiger partial charge on any atom is -0.493 e. The Morgan fingerprint density at radius 1 is 1.41 bits per heavy atom. The van der Waals surface area contributed by atoms with Gasteiger partial charge in [-0.05, 0) is 32.0 Å². The summed E-state index contributed by atoms with van der Waals surface area (Å²) in [4.78, 5) is 2.39. The largest absolute Gasteiger partial charge is 0.493 e. The van der Waals surface area contributed by atoms with Gasteiger partial charge in [0, 0.05) is 24.6 Å². The first-order valence-electron chi connectivity index (χ1n) is 8.00. The number of hydrogen-bond donors (Lipinski definition) is 1. The number of ether oxygens (including phenoxy) is 2. The van der Waals surface area contributed by atoms with Gasteiger partial charge >= 0.3 is 0 Å². The van der Waals surface area contributed by atoms with Crippen molar-refractivity contribution >= 4 is 0 Å². The smallest absolute Gasteiger partial charge is 0.166 e. The molecule has 1 aromatic carbocycles. The van der Waals surface area contributed by atoms with Crippen molar-refractivity contribution in [1.29, 1.82) is 0 Å². The molecule has 118 valence electrons. The Morgan fingerprint density at radius 2 is 2.23 bits per heavy atom. The second-order valence-corrected chi connectivity index (χ2v) is 6.91. The number of benzene rings is 1. The standard InChI is InChI=1S/C18H23NO3/c1-11-9-18-7-6-13(20)8-15(18)22-17-14(21-3)5-4-12(16(17)18)10-19(11)2/h4-7,11,13,15,20H,8-10H2,1-3H3. The lowest BCUT2D eigenvalue weighted by atomic mass is 9.68. The zero-order valence-corrected chi connectivity index (χ0v) is 13.4. The van der Waals surface area contributed by atoms with Crippen molar-refractivity contribution in [2.24, 2.45) is 0 Å². The van der Waals surface area contributed by atoms with Gasteiger partial charge in [-0.1, -0.05) is 18.2 Å². The average molecular weight is 301 g/mol. The Labute approximate surface area is 131 Å². The molecule has 0 saturated heterocycles. The van der Waals surface area contributed by atoms with Crippen LogP contribution in [0.5, 0.6) is 11.5 Å². The van der Waals surface area contributed by atoms with Gasteiger partial charge in [-0.3, -0.25) is 4.90 Å². The van der Waals surface area contributed by atoms with E-state index in [1.165, 1.54) is 11.1 Å². The molecule has 4 rings (SSSR count). The van der Waals surface area contributed by atoms with E-state index in [9.17, 15) is 5.11 Å². The fourth-order valence-corrected chi connectivity index (χ4v) is 4.33. The number of methoxy groups -OCH3 is 1. The highest BCUT2D eigenvalue weighted by molar-refractivity contribution is 5.61. The molecule has 4 heteroatoms. The van der Waals surface area contributed by atoms with Crippen molar-refractivity contribution in [1.82, 2.24) is 4.90 Å². The summed E-state index contributed by atoms with van der Waals surface area (Å²) >= 11 is 0. The quantitative estimate of drug-likeness (QED) is 0.808. The van der Waals surface area contributed by atoms with E-state index in [-0.39, 0.29) is 11.5 Å². The molecular formula is C18H23NO3. The van der Waals surface area contributed by atoms with Crippen LogP contribution < -0.4 is 9.47 Å². The fraction of sp³-hybridized carbons (Fsp3) is 0.556. The molecule has 4 nitrogen and oxygen atoms in total. The van der Waals surface area contributed by atoms with Crippen molar-refractivity contribution in [3.63, 3.8) is 0 Å². The van der Waals surface area contributed by atoms with E-state index in [0.29, 0.717) is 12.5 Å². The second-order valence-electron chi connectivity index (χ2n) is 6.91. The lowest BCUT2D eigenvalue weighted by molar-refractivity contribution is 0.0750. The highest BCUT2D eigenvalue weighted by Gasteiger charge is 2.53. The van der Waals surface area contributed by atoms with E-state index < -0.39 is 6.10 Å². The fourth-order valence-electron chi connectivity index (χ4n) is 4.33. The molecule has 0 radical (unpaired) electrons. The van der Waals surface area contributed by atoms with E-state index >= 15 is 0 Å². The highest BCUT2D eigenvalue weighted by Crippen LogP contribution is 2.56. The third-order valence-electron chi connectivity index (χ3n) is 5.60. The summed E-state index contributed by atoms with van der Waals surface area (Å²) in [6, 6.07) is 4.62. The van der Waals surface area contributed by atoms with Crippen LogP contribution in [0.1, 0.15) is 30.9 Å². The summed E-state index contributed by atoms with van der Waals surface area (Å²) < 4.78 is 11.8. The average Bonchev–Trinajstić information content (AvgIpc) is 2.76. The van der Waals surface area contributed by atoms with Crippen molar-refractivity contribution in [2.75, 3.05) is 14.2 Å². The van der Waals surface area contributed by atoms with Crippen LogP contribution in [-0.2, 0) is 12.0 Å². The Morgan fingerprint density at radius 3 is 3.00 bits per heavy atom. The van der Waals surface area contributed by atoms with Crippen LogP contribution in [0.3, 0.4) is 0 Å². The molecule has 0 amide bonds. The SMILES string of the molecule is COc1ccc2c3c1OC1CC(O)C=CC31CC(C)N(C)C2. The molecule has 3 aliphatic rings. The van der Waals surface area contributed by atoms with E-state index in [2.05, 4.69) is 31.0 Å². The van der Waals surface area contributed by atoms with Crippen molar-refractivity contribution < 1.29 is 14.6 Å². The Bertz CT molecular complexity index is 641. The zero-order chi connectivity index (χ0) is 15.5. The molecule has 1 aromatic rings. The molecule has 0 bridgehead atoms. The molecule has 22 heavy (non-hydrogen) atoms. The van der Waals surface area contributed by atoms with Gasteiger partial charge in [0.1, 0.15) is 6.10 Å². The molecule has 0 saturated carbocycles. The maximum absolute atomic E-state index is 10.0. The minimum absolute atomic E-state index is 0.00787. The summed E-state index contributed by atoms with van der Waals surface area (Å²) in [6.07, 6.45) is 5.35. The Hall–Kier alpha value is -1.52. The van der Waals surface area contributed by atoms with Gasteiger partial charge in [-0.2, -0.15) is 0 Å².